The fourth-order valence-corrected chi connectivity index (χ4v) is 1.14. The van der Waals surface area contributed by atoms with Gasteiger partial charge in [0.2, 0.25) is 6.20 Å². The largest absolute Gasteiger partial charge is 0.259 e. The first-order valence-electron chi connectivity index (χ1n) is 3.36. The Kier molecular flexibility index (Phi) is 3.28. The smallest absolute Gasteiger partial charge is 0.235 e. The third-order valence-electron chi connectivity index (χ3n) is 1.33. The highest BCUT2D eigenvalue weighted by Crippen LogP contribution is 2.21. The van der Waals surface area contributed by atoms with Crippen LogP contribution in [0.1, 0.15) is 5.56 Å². The Balaban J connectivity index is 3.00. The highest BCUT2D eigenvalue weighted by Gasteiger charge is 1.98. The molecule has 0 heterocycles. The Bertz CT molecular complexity index is 363. The van der Waals surface area contributed by atoms with Gasteiger partial charge in [-0.15, -0.1) is 0 Å². The Morgan fingerprint density at radius 1 is 1.38 bits per heavy atom. The second-order valence-electron chi connectivity index (χ2n) is 2.27. The van der Waals surface area contributed by atoms with Gasteiger partial charge in [0.25, 0.3) is 0 Å². The van der Waals surface area contributed by atoms with E-state index in [-0.39, 0.29) is 0 Å². The van der Waals surface area contributed by atoms with Crippen molar-refractivity contribution in [1.29, 1.82) is 0 Å². The van der Waals surface area contributed by atoms with Crippen molar-refractivity contribution in [3.8, 4) is 0 Å². The summed E-state index contributed by atoms with van der Waals surface area (Å²) in [5, 5.41) is 10.9. The molecule has 0 aromatic heterocycles. The van der Waals surface area contributed by atoms with E-state index in [4.69, 9.17) is 23.2 Å². The highest BCUT2D eigenvalue weighted by molar-refractivity contribution is 6.34. The molecule has 5 heteroatoms. The zero-order chi connectivity index (χ0) is 9.84. The molecule has 13 heavy (non-hydrogen) atoms. The molecule has 3 nitrogen and oxygen atoms in total. The Labute approximate surface area is 84.7 Å². The number of halogens is 2. The Morgan fingerprint density at radius 2 is 2.08 bits per heavy atom. The van der Waals surface area contributed by atoms with E-state index in [0.717, 1.165) is 6.20 Å². The van der Waals surface area contributed by atoms with Crippen LogP contribution < -0.4 is 0 Å². The summed E-state index contributed by atoms with van der Waals surface area (Å²) < 4.78 is 0. The fourth-order valence-electron chi connectivity index (χ4n) is 0.783. The molecule has 68 valence electrons. The normalized spacial score (nSPS) is 10.6. The maximum absolute atomic E-state index is 10.0. The molecule has 0 saturated heterocycles. The lowest BCUT2D eigenvalue weighted by atomic mass is 10.2. The van der Waals surface area contributed by atoms with Gasteiger partial charge in [0.1, 0.15) is 0 Å². The average Bonchev–Trinajstić information content (AvgIpc) is 2.06. The van der Waals surface area contributed by atoms with Crippen molar-refractivity contribution < 1.29 is 4.92 Å². The van der Waals surface area contributed by atoms with Gasteiger partial charge in [-0.2, -0.15) is 0 Å². The van der Waals surface area contributed by atoms with Crippen LogP contribution in [0.15, 0.2) is 24.4 Å². The summed E-state index contributed by atoms with van der Waals surface area (Å²) in [5.41, 5.74) is 0.533. The number of nitro groups is 1. The molecule has 0 fully saturated rings. The van der Waals surface area contributed by atoms with Crippen LogP contribution in [0.3, 0.4) is 0 Å². The Morgan fingerprint density at radius 3 is 2.69 bits per heavy atom. The maximum Gasteiger partial charge on any atom is 0.235 e. The summed E-state index contributed by atoms with van der Waals surface area (Å²) in [6.07, 6.45) is 2.12. The molecule has 0 spiro atoms. The molecule has 0 bridgehead atoms. The van der Waals surface area contributed by atoms with E-state index < -0.39 is 4.92 Å². The van der Waals surface area contributed by atoms with E-state index in [0.29, 0.717) is 15.6 Å². The molecular weight excluding hydrogens is 213 g/mol. The molecule has 0 atom stereocenters. The summed E-state index contributed by atoms with van der Waals surface area (Å²) in [7, 11) is 0. The molecular formula is C8H5Cl2NO2. The van der Waals surface area contributed by atoms with Crippen molar-refractivity contribution in [1.82, 2.24) is 0 Å². The Hall–Kier alpha value is -1.06. The summed E-state index contributed by atoms with van der Waals surface area (Å²) in [4.78, 5) is 9.45. The van der Waals surface area contributed by atoms with Gasteiger partial charge in [0, 0.05) is 21.7 Å². The molecule has 0 aliphatic rings. The lowest BCUT2D eigenvalue weighted by Crippen LogP contribution is -1.83. The number of benzene rings is 1. The van der Waals surface area contributed by atoms with Gasteiger partial charge >= 0.3 is 0 Å². The molecule has 1 aromatic rings. The summed E-state index contributed by atoms with van der Waals surface area (Å²) in [6.45, 7) is 0. The first-order chi connectivity index (χ1) is 6.09. The predicted molar refractivity (Wildman–Crippen MR) is 52.5 cm³/mol. The molecule has 0 aliphatic carbocycles. The van der Waals surface area contributed by atoms with Gasteiger partial charge in [-0.1, -0.05) is 23.2 Å². The van der Waals surface area contributed by atoms with Crippen molar-refractivity contribution in [2.45, 2.75) is 0 Å². The number of hydrogen-bond donors (Lipinski definition) is 0. The summed E-state index contributed by atoms with van der Waals surface area (Å²) >= 11 is 11.4. The summed E-state index contributed by atoms with van der Waals surface area (Å²) in [6, 6.07) is 4.76. The summed E-state index contributed by atoms with van der Waals surface area (Å²) in [5.74, 6) is 0. The van der Waals surface area contributed by atoms with E-state index in [1.54, 1.807) is 18.2 Å². The number of nitrogens with zero attached hydrogens (tertiary/aromatic N) is 1. The first-order valence-corrected chi connectivity index (χ1v) is 4.12. The quantitative estimate of drug-likeness (QED) is 0.564. The lowest BCUT2D eigenvalue weighted by Gasteiger charge is -1.96. The van der Waals surface area contributed by atoms with E-state index >= 15 is 0 Å². The van der Waals surface area contributed by atoms with Crippen LogP contribution >= 0.6 is 23.2 Å². The van der Waals surface area contributed by atoms with Crippen LogP contribution in [0.4, 0.5) is 0 Å². The van der Waals surface area contributed by atoms with Crippen LogP contribution in [0.25, 0.3) is 6.08 Å². The monoisotopic (exact) mass is 217 g/mol. The van der Waals surface area contributed by atoms with E-state index in [1.807, 2.05) is 0 Å². The molecule has 0 N–H and O–H groups in total. The minimum absolute atomic E-state index is 0.433. The minimum atomic E-state index is -0.558. The maximum atomic E-state index is 10.0. The van der Waals surface area contributed by atoms with Crippen molar-refractivity contribution in [2.24, 2.45) is 0 Å². The van der Waals surface area contributed by atoms with Crippen molar-refractivity contribution >= 4 is 29.3 Å². The SMILES string of the molecule is O=[N+]([O-])C=Cc1cc(Cl)ccc1Cl. The second kappa shape index (κ2) is 4.25. The molecule has 0 saturated carbocycles. The van der Waals surface area contributed by atoms with Gasteiger partial charge in [0.05, 0.1) is 4.92 Å². The fraction of sp³-hybridized carbons (Fsp3) is 0. The standard InChI is InChI=1S/C8H5Cl2NO2/c9-7-1-2-8(10)6(5-7)3-4-11(12)13/h1-5H. The predicted octanol–water partition coefficient (Wildman–Crippen LogP) is 3.24. The highest BCUT2D eigenvalue weighted by atomic mass is 35.5. The van der Waals surface area contributed by atoms with Gasteiger partial charge in [-0.3, -0.25) is 10.1 Å². The van der Waals surface area contributed by atoms with Crippen molar-refractivity contribution in [2.75, 3.05) is 0 Å². The second-order valence-corrected chi connectivity index (χ2v) is 3.11. The van der Waals surface area contributed by atoms with Gasteiger partial charge in [-0.25, -0.2) is 0 Å². The molecule has 0 amide bonds. The number of hydrogen-bond acceptors (Lipinski definition) is 2. The molecule has 0 radical (unpaired) electrons. The van der Waals surface area contributed by atoms with Crippen molar-refractivity contribution in [3.05, 3.63) is 50.1 Å². The van der Waals surface area contributed by atoms with E-state index in [1.165, 1.54) is 6.08 Å². The molecule has 0 unspecified atom stereocenters. The van der Waals surface area contributed by atoms with Crippen LogP contribution in [-0.2, 0) is 0 Å². The van der Waals surface area contributed by atoms with Crippen LogP contribution in [0.5, 0.6) is 0 Å². The third-order valence-corrected chi connectivity index (χ3v) is 1.91. The zero-order valence-corrected chi connectivity index (χ0v) is 7.92. The van der Waals surface area contributed by atoms with Gasteiger partial charge < -0.3 is 0 Å². The minimum Gasteiger partial charge on any atom is -0.259 e. The van der Waals surface area contributed by atoms with Crippen LogP contribution in [0, 0.1) is 10.1 Å². The average molecular weight is 218 g/mol. The molecule has 0 aliphatic heterocycles. The van der Waals surface area contributed by atoms with Crippen molar-refractivity contribution in [3.63, 3.8) is 0 Å². The number of rotatable bonds is 2. The molecule has 1 aromatic carbocycles. The zero-order valence-electron chi connectivity index (χ0n) is 6.41. The van der Waals surface area contributed by atoms with Gasteiger partial charge in [-0.05, 0) is 18.2 Å². The topological polar surface area (TPSA) is 43.1 Å². The lowest BCUT2D eigenvalue weighted by molar-refractivity contribution is -0.400. The first kappa shape index (κ1) is 10.0. The molecule has 1 rings (SSSR count). The van der Waals surface area contributed by atoms with Gasteiger partial charge in [0.15, 0.2) is 0 Å². The van der Waals surface area contributed by atoms with E-state index in [2.05, 4.69) is 0 Å². The van der Waals surface area contributed by atoms with Crippen LogP contribution in [-0.4, -0.2) is 4.92 Å². The van der Waals surface area contributed by atoms with E-state index in [9.17, 15) is 10.1 Å². The van der Waals surface area contributed by atoms with Crippen LogP contribution in [0.2, 0.25) is 10.0 Å². The third kappa shape index (κ3) is 3.05.